The van der Waals surface area contributed by atoms with Crippen molar-refractivity contribution in [1.82, 2.24) is 0 Å². The summed E-state index contributed by atoms with van der Waals surface area (Å²) in [6, 6.07) is 72.2. The number of rotatable bonds is 6. The Bertz CT molecular complexity index is 2540. The highest BCUT2D eigenvalue weighted by atomic mass is 14.3. The lowest BCUT2D eigenvalue weighted by atomic mass is 9.75. The average molecular weight is 663 g/mol. The molecule has 2 aliphatic carbocycles. The van der Waals surface area contributed by atoms with Crippen molar-refractivity contribution in [3.63, 3.8) is 0 Å². The second-order valence-electron chi connectivity index (χ2n) is 14.4. The lowest BCUT2D eigenvalue weighted by Crippen LogP contribution is -2.12. The molecule has 0 saturated heterocycles. The standard InChI is InChI=1S/C52H38/c1-3-11-36(12-4-1)38-21-19-35(20-22-38)31-50-45-17-9-10-18-46(45)52-33-42(28-30-48(50)52)41-27-29-47-49(34-43-15-7-8-16-44(43)51(47)32-41)40-25-23-39(24-26-40)37-13-5-2-6-14-37/h1-30,32-33,49-50H,31,34H2. The number of fused-ring (bicyclic) bond motifs is 6. The maximum absolute atomic E-state index is 2.45. The predicted molar refractivity (Wildman–Crippen MR) is 218 cm³/mol. The van der Waals surface area contributed by atoms with Crippen molar-refractivity contribution in [2.45, 2.75) is 24.7 Å². The molecule has 0 heteroatoms. The Balaban J connectivity index is 0.991. The highest BCUT2D eigenvalue weighted by Gasteiger charge is 2.30. The van der Waals surface area contributed by atoms with Gasteiger partial charge in [-0.05, 0) is 114 Å². The molecule has 8 aromatic rings. The van der Waals surface area contributed by atoms with Crippen LogP contribution in [-0.4, -0.2) is 0 Å². The first kappa shape index (κ1) is 30.6. The van der Waals surface area contributed by atoms with Crippen molar-refractivity contribution in [3.8, 4) is 55.6 Å². The van der Waals surface area contributed by atoms with E-state index in [1.165, 1.54) is 89.0 Å². The first-order valence-corrected chi connectivity index (χ1v) is 18.5. The lowest BCUT2D eigenvalue weighted by Gasteiger charge is -2.29. The summed E-state index contributed by atoms with van der Waals surface area (Å²) in [4.78, 5) is 0. The van der Waals surface area contributed by atoms with Crippen LogP contribution in [0.15, 0.2) is 194 Å². The molecule has 0 radical (unpaired) electrons. The molecule has 10 rings (SSSR count). The average Bonchev–Trinajstić information content (AvgIpc) is 3.53. The van der Waals surface area contributed by atoms with E-state index < -0.39 is 0 Å². The van der Waals surface area contributed by atoms with Crippen LogP contribution < -0.4 is 0 Å². The summed E-state index contributed by atoms with van der Waals surface area (Å²) >= 11 is 0. The van der Waals surface area contributed by atoms with Crippen molar-refractivity contribution in [1.29, 1.82) is 0 Å². The first-order valence-electron chi connectivity index (χ1n) is 18.5. The molecule has 8 aromatic carbocycles. The van der Waals surface area contributed by atoms with E-state index in [1.807, 2.05) is 0 Å². The Kier molecular flexibility index (Phi) is 7.54. The van der Waals surface area contributed by atoms with E-state index in [0.717, 1.165) is 12.8 Å². The molecule has 52 heavy (non-hydrogen) atoms. The smallest absolute Gasteiger partial charge is 0.0142 e. The molecule has 0 aromatic heterocycles. The largest absolute Gasteiger partial charge is 0.0622 e. The lowest BCUT2D eigenvalue weighted by molar-refractivity contribution is 0.794. The summed E-state index contributed by atoms with van der Waals surface area (Å²) in [5, 5.41) is 0. The van der Waals surface area contributed by atoms with Gasteiger partial charge in [0.1, 0.15) is 0 Å². The number of hydrogen-bond acceptors (Lipinski definition) is 0. The Hall–Kier alpha value is -6.24. The van der Waals surface area contributed by atoms with Crippen LogP contribution in [0.3, 0.4) is 0 Å². The van der Waals surface area contributed by atoms with Gasteiger partial charge in [-0.2, -0.15) is 0 Å². The Morgan fingerprint density at radius 1 is 0.346 bits per heavy atom. The van der Waals surface area contributed by atoms with Crippen LogP contribution in [-0.2, 0) is 12.8 Å². The van der Waals surface area contributed by atoms with Gasteiger partial charge < -0.3 is 0 Å². The zero-order valence-corrected chi connectivity index (χ0v) is 29.0. The number of hydrogen-bond donors (Lipinski definition) is 0. The van der Waals surface area contributed by atoms with E-state index >= 15 is 0 Å². The maximum Gasteiger partial charge on any atom is 0.0142 e. The third-order valence-corrected chi connectivity index (χ3v) is 11.5. The SMILES string of the molecule is c1ccc(-c2ccc(CC3c4ccccc4-c4cc(-c5ccc6c(c5)-c5ccccc5CC6c5ccc(-c6ccccc6)cc5)ccc43)cc2)cc1. The second kappa shape index (κ2) is 12.8. The third kappa shape index (κ3) is 5.40. The maximum atomic E-state index is 2.45. The Labute approximate surface area is 306 Å². The highest BCUT2D eigenvalue weighted by Crippen LogP contribution is 2.49. The fourth-order valence-electron chi connectivity index (χ4n) is 8.81. The monoisotopic (exact) mass is 662 g/mol. The number of benzene rings is 8. The van der Waals surface area contributed by atoms with Crippen molar-refractivity contribution >= 4 is 0 Å². The normalized spacial score (nSPS) is 15.3. The van der Waals surface area contributed by atoms with Gasteiger partial charge in [-0.1, -0.05) is 182 Å². The minimum atomic E-state index is 0.318. The van der Waals surface area contributed by atoms with Crippen LogP contribution in [0.5, 0.6) is 0 Å². The molecular formula is C52H38. The summed E-state index contributed by atoms with van der Waals surface area (Å²) in [6.45, 7) is 0. The van der Waals surface area contributed by atoms with Crippen LogP contribution >= 0.6 is 0 Å². The molecule has 0 saturated carbocycles. The van der Waals surface area contributed by atoms with Gasteiger partial charge in [0.2, 0.25) is 0 Å². The highest BCUT2D eigenvalue weighted by molar-refractivity contribution is 5.86. The molecule has 0 nitrogen and oxygen atoms in total. The first-order chi connectivity index (χ1) is 25.8. The van der Waals surface area contributed by atoms with Crippen molar-refractivity contribution in [3.05, 3.63) is 228 Å². The fourth-order valence-corrected chi connectivity index (χ4v) is 8.81. The topological polar surface area (TPSA) is 0 Å². The summed E-state index contributed by atoms with van der Waals surface area (Å²) in [6.07, 6.45) is 2.00. The van der Waals surface area contributed by atoms with Crippen LogP contribution in [0, 0.1) is 0 Å². The summed E-state index contributed by atoms with van der Waals surface area (Å²) in [7, 11) is 0. The molecule has 0 amide bonds. The molecule has 246 valence electrons. The Morgan fingerprint density at radius 3 is 1.50 bits per heavy atom. The predicted octanol–water partition coefficient (Wildman–Crippen LogP) is 13.4. The minimum Gasteiger partial charge on any atom is -0.0622 e. The van der Waals surface area contributed by atoms with Gasteiger partial charge >= 0.3 is 0 Å². The van der Waals surface area contributed by atoms with E-state index in [0.29, 0.717) is 11.8 Å². The molecule has 2 atom stereocenters. The van der Waals surface area contributed by atoms with Crippen LogP contribution in [0.4, 0.5) is 0 Å². The van der Waals surface area contributed by atoms with Gasteiger partial charge in [0.05, 0.1) is 0 Å². The zero-order valence-electron chi connectivity index (χ0n) is 29.0. The molecule has 0 bridgehead atoms. The third-order valence-electron chi connectivity index (χ3n) is 11.5. The molecule has 0 N–H and O–H groups in total. The van der Waals surface area contributed by atoms with Gasteiger partial charge in [-0.3, -0.25) is 0 Å². The van der Waals surface area contributed by atoms with E-state index in [2.05, 4.69) is 194 Å². The molecule has 0 fully saturated rings. The van der Waals surface area contributed by atoms with Crippen molar-refractivity contribution in [2.75, 3.05) is 0 Å². The Morgan fingerprint density at radius 2 is 0.827 bits per heavy atom. The van der Waals surface area contributed by atoms with E-state index in [-0.39, 0.29) is 0 Å². The van der Waals surface area contributed by atoms with E-state index in [4.69, 9.17) is 0 Å². The van der Waals surface area contributed by atoms with Gasteiger partial charge in [0.25, 0.3) is 0 Å². The molecule has 2 unspecified atom stereocenters. The summed E-state index contributed by atoms with van der Waals surface area (Å²) in [5.41, 5.74) is 21.5. The fraction of sp³-hybridized carbons (Fsp3) is 0.0769. The molecule has 0 spiro atoms. The van der Waals surface area contributed by atoms with E-state index in [1.54, 1.807) is 0 Å². The van der Waals surface area contributed by atoms with Crippen LogP contribution in [0.25, 0.3) is 55.6 Å². The molecular weight excluding hydrogens is 625 g/mol. The molecule has 0 heterocycles. The zero-order chi connectivity index (χ0) is 34.4. The van der Waals surface area contributed by atoms with Crippen molar-refractivity contribution < 1.29 is 0 Å². The summed E-state index contributed by atoms with van der Waals surface area (Å²) < 4.78 is 0. The second-order valence-corrected chi connectivity index (χ2v) is 14.4. The minimum absolute atomic E-state index is 0.318. The molecule has 0 aliphatic heterocycles. The van der Waals surface area contributed by atoms with Crippen molar-refractivity contribution in [2.24, 2.45) is 0 Å². The van der Waals surface area contributed by atoms with Gasteiger partial charge in [-0.25, -0.2) is 0 Å². The van der Waals surface area contributed by atoms with Gasteiger partial charge in [0, 0.05) is 11.8 Å². The quantitative estimate of drug-likeness (QED) is 0.166. The van der Waals surface area contributed by atoms with Gasteiger partial charge in [-0.15, -0.1) is 0 Å². The van der Waals surface area contributed by atoms with Gasteiger partial charge in [0.15, 0.2) is 0 Å². The van der Waals surface area contributed by atoms with E-state index in [9.17, 15) is 0 Å². The summed E-state index contributed by atoms with van der Waals surface area (Å²) in [5.74, 6) is 0.658. The molecule has 2 aliphatic rings. The van der Waals surface area contributed by atoms with Crippen LogP contribution in [0.2, 0.25) is 0 Å². The van der Waals surface area contributed by atoms with Crippen LogP contribution in [0.1, 0.15) is 45.2 Å².